The van der Waals surface area contributed by atoms with Crippen LogP contribution >= 0.6 is 11.8 Å². The Balaban J connectivity index is 1.19. The van der Waals surface area contributed by atoms with Crippen LogP contribution < -0.4 is 14.8 Å². The quantitative estimate of drug-likeness (QED) is 0.424. The highest BCUT2D eigenvalue weighted by Crippen LogP contribution is 2.26. The van der Waals surface area contributed by atoms with Crippen molar-refractivity contribution >= 4 is 34.1 Å². The SMILES string of the molecule is O=C1NC(=O)C(Cc2ccc(OCCn3cnc4c(Oc5ccccc5)ncnc43)cc2)S1. The maximum atomic E-state index is 11.7. The number of imide groups is 1. The molecule has 9 nitrogen and oxygen atoms in total. The van der Waals surface area contributed by atoms with E-state index < -0.39 is 0 Å². The number of fused-ring (bicyclic) bond motifs is 1. The fourth-order valence-corrected chi connectivity index (χ4v) is 4.28. The van der Waals surface area contributed by atoms with E-state index in [0.717, 1.165) is 17.3 Å². The van der Waals surface area contributed by atoms with Crippen LogP contribution in [0.4, 0.5) is 4.79 Å². The Morgan fingerprint density at radius 1 is 0.970 bits per heavy atom. The van der Waals surface area contributed by atoms with Gasteiger partial charge in [0.2, 0.25) is 5.91 Å². The van der Waals surface area contributed by atoms with E-state index >= 15 is 0 Å². The molecule has 5 rings (SSSR count). The fourth-order valence-electron chi connectivity index (χ4n) is 3.42. The van der Waals surface area contributed by atoms with E-state index in [1.807, 2.05) is 59.2 Å². The molecule has 1 atom stereocenters. The first kappa shape index (κ1) is 21.0. The number of rotatable bonds is 8. The molecule has 0 saturated carbocycles. The summed E-state index contributed by atoms with van der Waals surface area (Å²) in [7, 11) is 0. The largest absolute Gasteiger partial charge is 0.492 e. The zero-order valence-corrected chi connectivity index (χ0v) is 18.2. The molecule has 0 spiro atoms. The van der Waals surface area contributed by atoms with E-state index in [2.05, 4.69) is 20.3 Å². The Morgan fingerprint density at radius 2 is 1.79 bits per heavy atom. The number of nitrogens with zero attached hydrogens (tertiary/aromatic N) is 4. The Labute approximate surface area is 193 Å². The highest BCUT2D eigenvalue weighted by molar-refractivity contribution is 8.15. The third-order valence-electron chi connectivity index (χ3n) is 5.04. The second-order valence-electron chi connectivity index (χ2n) is 7.28. The third-order valence-corrected chi connectivity index (χ3v) is 6.02. The maximum absolute atomic E-state index is 11.7. The molecule has 1 saturated heterocycles. The number of benzene rings is 2. The number of nitrogens with one attached hydrogen (secondary N) is 1. The van der Waals surface area contributed by atoms with Gasteiger partial charge in [0.05, 0.1) is 18.1 Å². The molecule has 1 aliphatic heterocycles. The highest BCUT2D eigenvalue weighted by Gasteiger charge is 2.31. The molecular formula is C23H19N5O4S. The summed E-state index contributed by atoms with van der Waals surface area (Å²) in [4.78, 5) is 36.0. The van der Waals surface area contributed by atoms with Crippen molar-refractivity contribution in [2.45, 2.75) is 18.2 Å². The number of para-hydroxylation sites is 1. The van der Waals surface area contributed by atoms with Crippen LogP contribution in [0.2, 0.25) is 0 Å². The van der Waals surface area contributed by atoms with E-state index in [9.17, 15) is 9.59 Å². The van der Waals surface area contributed by atoms with Crippen LogP contribution in [0, 0.1) is 0 Å². The van der Waals surface area contributed by atoms with E-state index in [-0.39, 0.29) is 16.4 Å². The fraction of sp³-hybridized carbons (Fsp3) is 0.174. The molecule has 0 aliphatic carbocycles. The monoisotopic (exact) mass is 461 g/mol. The average molecular weight is 462 g/mol. The molecule has 1 N–H and O–H groups in total. The van der Waals surface area contributed by atoms with Gasteiger partial charge in [-0.15, -0.1) is 0 Å². The minimum Gasteiger partial charge on any atom is -0.492 e. The number of aromatic nitrogens is 4. The predicted molar refractivity (Wildman–Crippen MR) is 122 cm³/mol. The van der Waals surface area contributed by atoms with Crippen LogP contribution in [0.1, 0.15) is 5.56 Å². The maximum Gasteiger partial charge on any atom is 0.286 e. The lowest BCUT2D eigenvalue weighted by atomic mass is 10.1. The van der Waals surface area contributed by atoms with Crippen molar-refractivity contribution in [3.05, 3.63) is 72.8 Å². The number of ether oxygens (including phenoxy) is 2. The Hall–Kier alpha value is -3.92. The first-order chi connectivity index (χ1) is 16.2. The molecule has 1 fully saturated rings. The average Bonchev–Trinajstić information content (AvgIpc) is 3.38. The molecule has 0 bridgehead atoms. The van der Waals surface area contributed by atoms with E-state index in [0.29, 0.717) is 48.1 Å². The molecule has 3 heterocycles. The van der Waals surface area contributed by atoms with Crippen LogP contribution in [0.25, 0.3) is 11.2 Å². The summed E-state index contributed by atoms with van der Waals surface area (Å²) < 4.78 is 13.6. The highest BCUT2D eigenvalue weighted by atomic mass is 32.2. The van der Waals surface area contributed by atoms with Gasteiger partial charge in [0.15, 0.2) is 11.2 Å². The molecule has 1 aliphatic rings. The first-order valence-corrected chi connectivity index (χ1v) is 11.2. The smallest absolute Gasteiger partial charge is 0.286 e. The molecule has 1 unspecified atom stereocenters. The summed E-state index contributed by atoms with van der Waals surface area (Å²) in [5.74, 6) is 1.55. The predicted octanol–water partition coefficient (Wildman–Crippen LogP) is 3.59. The molecule has 4 aromatic rings. The van der Waals surface area contributed by atoms with Gasteiger partial charge in [-0.3, -0.25) is 14.9 Å². The van der Waals surface area contributed by atoms with Crippen molar-refractivity contribution in [1.82, 2.24) is 24.8 Å². The van der Waals surface area contributed by atoms with Gasteiger partial charge >= 0.3 is 0 Å². The molecule has 33 heavy (non-hydrogen) atoms. The number of imidazole rings is 1. The van der Waals surface area contributed by atoms with E-state index in [1.165, 1.54) is 6.33 Å². The lowest BCUT2D eigenvalue weighted by molar-refractivity contribution is -0.118. The van der Waals surface area contributed by atoms with Crippen LogP contribution in [0.15, 0.2) is 67.3 Å². The number of thioether (sulfide) groups is 1. The van der Waals surface area contributed by atoms with Gasteiger partial charge in [-0.25, -0.2) is 9.97 Å². The Kier molecular flexibility index (Phi) is 5.90. The summed E-state index contributed by atoms with van der Waals surface area (Å²) >= 11 is 1.03. The van der Waals surface area contributed by atoms with E-state index in [4.69, 9.17) is 9.47 Å². The normalized spacial score (nSPS) is 15.6. The van der Waals surface area contributed by atoms with Crippen molar-refractivity contribution in [3.8, 4) is 17.4 Å². The Morgan fingerprint density at radius 3 is 2.55 bits per heavy atom. The van der Waals surface area contributed by atoms with Gasteiger partial charge in [-0.05, 0) is 36.2 Å². The second-order valence-corrected chi connectivity index (χ2v) is 8.46. The summed E-state index contributed by atoms with van der Waals surface area (Å²) in [6.07, 6.45) is 3.64. The number of amides is 2. The van der Waals surface area contributed by atoms with Gasteiger partial charge in [0, 0.05) is 0 Å². The number of carbonyl (C=O) groups is 2. The zero-order valence-electron chi connectivity index (χ0n) is 17.4. The lowest BCUT2D eigenvalue weighted by Gasteiger charge is -2.09. The third kappa shape index (κ3) is 4.80. The van der Waals surface area contributed by atoms with E-state index in [1.54, 1.807) is 6.33 Å². The number of carbonyl (C=O) groups excluding carboxylic acids is 2. The minimum atomic E-state index is -0.378. The molecule has 10 heteroatoms. The zero-order chi connectivity index (χ0) is 22.6. The van der Waals surface area contributed by atoms with Gasteiger partial charge < -0.3 is 14.0 Å². The molecule has 166 valence electrons. The minimum absolute atomic E-state index is 0.237. The standard InChI is InChI=1S/C23H19N5O4S/c29-21-18(33-23(30)27-21)12-15-6-8-16(9-7-15)31-11-10-28-14-26-19-20(28)24-13-25-22(19)32-17-4-2-1-3-5-17/h1-9,13-14,18H,10-12H2,(H,27,29,30). The lowest BCUT2D eigenvalue weighted by Crippen LogP contribution is -2.25. The van der Waals surface area contributed by atoms with Gasteiger partial charge in [-0.2, -0.15) is 4.98 Å². The molecular weight excluding hydrogens is 442 g/mol. The number of hydrogen-bond donors (Lipinski definition) is 1. The summed E-state index contributed by atoms with van der Waals surface area (Å²) in [6.45, 7) is 0.958. The van der Waals surface area contributed by atoms with Crippen molar-refractivity contribution in [2.24, 2.45) is 0 Å². The van der Waals surface area contributed by atoms with Crippen molar-refractivity contribution < 1.29 is 19.1 Å². The van der Waals surface area contributed by atoms with Gasteiger partial charge in [0.1, 0.15) is 24.4 Å². The number of hydrogen-bond acceptors (Lipinski definition) is 8. The second kappa shape index (κ2) is 9.29. The summed E-state index contributed by atoms with van der Waals surface area (Å²) in [5, 5.41) is 1.63. The summed E-state index contributed by atoms with van der Waals surface area (Å²) in [5.41, 5.74) is 2.21. The summed E-state index contributed by atoms with van der Waals surface area (Å²) in [6, 6.07) is 16.9. The van der Waals surface area contributed by atoms with Crippen LogP contribution in [-0.2, 0) is 17.8 Å². The van der Waals surface area contributed by atoms with Crippen LogP contribution in [0.5, 0.6) is 17.4 Å². The van der Waals surface area contributed by atoms with Gasteiger partial charge in [0.25, 0.3) is 11.1 Å². The molecule has 2 aromatic heterocycles. The van der Waals surface area contributed by atoms with Crippen LogP contribution in [-0.4, -0.2) is 42.5 Å². The van der Waals surface area contributed by atoms with Gasteiger partial charge in [-0.1, -0.05) is 42.1 Å². The first-order valence-electron chi connectivity index (χ1n) is 10.3. The molecule has 2 aromatic carbocycles. The molecule has 2 amide bonds. The van der Waals surface area contributed by atoms with Crippen molar-refractivity contribution in [2.75, 3.05) is 6.61 Å². The Bertz CT molecular complexity index is 1290. The molecule has 0 radical (unpaired) electrons. The van der Waals surface area contributed by atoms with Crippen molar-refractivity contribution in [3.63, 3.8) is 0 Å². The van der Waals surface area contributed by atoms with Crippen LogP contribution in [0.3, 0.4) is 0 Å². The topological polar surface area (TPSA) is 108 Å². The van der Waals surface area contributed by atoms with Crippen molar-refractivity contribution in [1.29, 1.82) is 0 Å².